The van der Waals surface area contributed by atoms with Crippen molar-refractivity contribution < 1.29 is 13.5 Å². The number of nitrogens with zero attached hydrogens (tertiary/aromatic N) is 2. The molecule has 1 aliphatic rings. The summed E-state index contributed by atoms with van der Waals surface area (Å²) < 4.78 is 1.92. The van der Waals surface area contributed by atoms with Crippen LogP contribution in [0.1, 0.15) is 33.4 Å². The van der Waals surface area contributed by atoms with Gasteiger partial charge in [0, 0.05) is 24.5 Å². The summed E-state index contributed by atoms with van der Waals surface area (Å²) >= 11 is -1.61. The molecule has 180 valence electrons. The quantitative estimate of drug-likeness (QED) is 0.234. The van der Waals surface area contributed by atoms with E-state index < -0.39 is 13.5 Å². The predicted octanol–water partition coefficient (Wildman–Crippen LogP) is 7.89. The molecule has 4 rings (SSSR count). The summed E-state index contributed by atoms with van der Waals surface area (Å²) in [7, 11) is 11.3. The Morgan fingerprint density at radius 3 is 1.70 bits per heavy atom. The van der Waals surface area contributed by atoms with Crippen LogP contribution in [0.25, 0.3) is 0 Å². The Kier molecular flexibility index (Phi) is 10.6. The number of hydrogen-bond donors (Lipinski definition) is 0. The van der Waals surface area contributed by atoms with E-state index in [1.165, 1.54) is 39.2 Å². The van der Waals surface area contributed by atoms with E-state index in [9.17, 15) is 0 Å². The molecular formula is C28H34Cl2N2Ru-2. The molecular weight excluding hydrogens is 536 g/mol. The molecule has 0 atom stereocenters. The molecule has 0 aliphatic carbocycles. The van der Waals surface area contributed by atoms with Crippen LogP contribution in [0.2, 0.25) is 0 Å². The van der Waals surface area contributed by atoms with Gasteiger partial charge in [0.25, 0.3) is 0 Å². The van der Waals surface area contributed by atoms with Gasteiger partial charge in [0.1, 0.15) is 0 Å². The minimum absolute atomic E-state index is 0. The molecule has 3 aromatic rings. The van der Waals surface area contributed by atoms with Gasteiger partial charge in [-0.3, -0.25) is 0 Å². The van der Waals surface area contributed by atoms with Crippen LogP contribution in [0, 0.1) is 48.7 Å². The van der Waals surface area contributed by atoms with E-state index in [0.29, 0.717) is 0 Å². The number of anilines is 2. The molecule has 1 heterocycles. The zero-order valence-electron chi connectivity index (χ0n) is 20.3. The number of benzene rings is 3. The summed E-state index contributed by atoms with van der Waals surface area (Å²) in [6, 6.07) is 21.0. The van der Waals surface area contributed by atoms with Crippen LogP contribution in [0.15, 0.2) is 60.7 Å². The summed E-state index contributed by atoms with van der Waals surface area (Å²) in [5, 5.41) is 0. The molecule has 0 saturated carbocycles. The third-order valence-electron chi connectivity index (χ3n) is 5.50. The molecule has 33 heavy (non-hydrogen) atoms. The Hall–Kier alpha value is -1.67. The Balaban J connectivity index is 0.000000297. The van der Waals surface area contributed by atoms with E-state index >= 15 is 0 Å². The van der Waals surface area contributed by atoms with Gasteiger partial charge >= 0.3 is 73.4 Å². The van der Waals surface area contributed by atoms with Crippen molar-refractivity contribution in [2.24, 2.45) is 0 Å². The van der Waals surface area contributed by atoms with E-state index in [1.54, 1.807) is 0 Å². The summed E-state index contributed by atoms with van der Waals surface area (Å²) in [5.41, 5.74) is 10.6. The molecule has 0 radical (unpaired) electrons. The number of rotatable bonds is 3. The van der Waals surface area contributed by atoms with E-state index in [2.05, 4.69) is 81.4 Å². The second kappa shape index (κ2) is 12.7. The third kappa shape index (κ3) is 7.41. The van der Waals surface area contributed by atoms with E-state index in [4.69, 9.17) is 19.4 Å². The van der Waals surface area contributed by atoms with Gasteiger partial charge in [0.05, 0.1) is 0 Å². The first-order valence-corrected chi connectivity index (χ1v) is 16.1. The van der Waals surface area contributed by atoms with Crippen molar-refractivity contribution in [2.75, 3.05) is 22.9 Å². The molecule has 0 spiro atoms. The first kappa shape index (κ1) is 27.6. The monoisotopic (exact) mass is 570 g/mol. The standard InChI is InChI=1S/C20H25N2.C7H6.CH3.2ClH.Ru/c1-14-11-17(4)20(18(5)12-14)22-10-9-21(13-22)19-15(2)7-6-8-16(19)3;1-7-5-3-2-4-6-7;;;;/h6-8,11-13H,9-10H2,1-5H3;1-6H;1H3;2*1H;/q-1;;-1;;;+2/p-2. The van der Waals surface area contributed by atoms with Gasteiger partial charge in [-0.05, 0) is 56.9 Å². The molecule has 0 unspecified atom stereocenters. The van der Waals surface area contributed by atoms with Crippen LogP contribution >= 0.6 is 19.4 Å². The maximum absolute atomic E-state index is 5.67. The van der Waals surface area contributed by atoms with Crippen LogP contribution in [-0.2, 0) is 13.5 Å². The van der Waals surface area contributed by atoms with Crippen LogP contribution in [0.5, 0.6) is 0 Å². The molecule has 5 heteroatoms. The van der Waals surface area contributed by atoms with Crippen molar-refractivity contribution >= 4 is 35.4 Å². The second-order valence-electron chi connectivity index (χ2n) is 8.21. The van der Waals surface area contributed by atoms with Crippen molar-refractivity contribution in [3.63, 3.8) is 0 Å². The normalized spacial score (nSPS) is 13.1. The molecule has 3 aromatic carbocycles. The number of aryl methyl sites for hydroxylation is 5. The molecule has 1 aliphatic heterocycles. The van der Waals surface area contributed by atoms with Crippen LogP contribution < -0.4 is 9.80 Å². The average molecular weight is 571 g/mol. The van der Waals surface area contributed by atoms with Gasteiger partial charge in [-0.1, -0.05) is 35.9 Å². The Bertz CT molecular complexity index is 1050. The first-order valence-electron chi connectivity index (χ1n) is 10.7. The van der Waals surface area contributed by atoms with Crippen molar-refractivity contribution in [1.82, 2.24) is 0 Å². The zero-order chi connectivity index (χ0) is 23.3. The Morgan fingerprint density at radius 1 is 0.727 bits per heavy atom. The maximum atomic E-state index is 5.67. The van der Waals surface area contributed by atoms with E-state index in [0.717, 1.165) is 18.7 Å². The number of para-hydroxylation sites is 1. The molecule has 0 bridgehead atoms. The third-order valence-corrected chi connectivity index (χ3v) is 7.38. The molecule has 0 N–H and O–H groups in total. The van der Waals surface area contributed by atoms with Gasteiger partial charge in [0.15, 0.2) is 0 Å². The summed E-state index contributed by atoms with van der Waals surface area (Å²) in [6.07, 6.45) is 0. The fourth-order valence-corrected chi connectivity index (χ4v) is 6.16. The van der Waals surface area contributed by atoms with Crippen molar-refractivity contribution in [3.05, 3.63) is 108 Å². The van der Waals surface area contributed by atoms with Gasteiger partial charge in [-0.2, -0.15) is 6.67 Å². The Morgan fingerprint density at radius 2 is 1.21 bits per heavy atom. The molecule has 1 fully saturated rings. The zero-order valence-corrected chi connectivity index (χ0v) is 23.6. The number of hydrogen-bond acceptors (Lipinski definition) is 2. The minimum atomic E-state index is -1.61. The van der Waals surface area contributed by atoms with Crippen molar-refractivity contribution in [2.45, 2.75) is 34.6 Å². The summed E-state index contributed by atoms with van der Waals surface area (Å²) in [5.74, 6) is 0. The summed E-state index contributed by atoms with van der Waals surface area (Å²) in [4.78, 5) is 4.79. The van der Waals surface area contributed by atoms with Gasteiger partial charge in [0.2, 0.25) is 0 Å². The number of halogens is 2. The van der Waals surface area contributed by atoms with Crippen LogP contribution in [0.4, 0.5) is 11.4 Å². The van der Waals surface area contributed by atoms with Gasteiger partial charge in [-0.15, -0.1) is 0 Å². The SMILES string of the molecule is Cc1cc(C)c(N2[CH-]N(c3c(C)cccc3C)CC2)c(C)c1.[CH3-].[Cl][Ru]([Cl])=[CH]c1ccccc1. The predicted molar refractivity (Wildman–Crippen MR) is 145 cm³/mol. The van der Waals surface area contributed by atoms with E-state index in [-0.39, 0.29) is 7.43 Å². The first-order chi connectivity index (χ1) is 15.3. The van der Waals surface area contributed by atoms with Gasteiger partial charge in [-0.25, -0.2) is 0 Å². The molecule has 1 saturated heterocycles. The van der Waals surface area contributed by atoms with Gasteiger partial charge < -0.3 is 17.2 Å². The topological polar surface area (TPSA) is 6.48 Å². The molecule has 0 amide bonds. The van der Waals surface area contributed by atoms with Crippen molar-refractivity contribution in [3.8, 4) is 0 Å². The fraction of sp³-hybridized carbons (Fsp3) is 0.250. The second-order valence-corrected chi connectivity index (χ2v) is 13.9. The van der Waals surface area contributed by atoms with E-state index in [1.807, 2.05) is 34.9 Å². The van der Waals surface area contributed by atoms with Crippen LogP contribution in [-0.4, -0.2) is 17.7 Å². The summed E-state index contributed by atoms with van der Waals surface area (Å²) in [6.45, 7) is 15.3. The molecule has 0 aromatic heterocycles. The molecule has 2 nitrogen and oxygen atoms in total. The van der Waals surface area contributed by atoms with Crippen molar-refractivity contribution in [1.29, 1.82) is 0 Å². The Labute approximate surface area is 213 Å². The van der Waals surface area contributed by atoms with Crippen LogP contribution in [0.3, 0.4) is 0 Å². The fourth-order valence-electron chi connectivity index (χ4n) is 4.33. The average Bonchev–Trinajstić information content (AvgIpc) is 3.17.